The summed E-state index contributed by atoms with van der Waals surface area (Å²) in [6.45, 7) is 12.3. The summed E-state index contributed by atoms with van der Waals surface area (Å²) in [5.41, 5.74) is 9.77. The fraction of sp³-hybridized carbons (Fsp3) is 0.467. The molecule has 0 fully saturated rings. The highest BCUT2D eigenvalue weighted by Crippen LogP contribution is 2.16. The SMILES string of the molecule is CC(C)[C@H](C)C(=O)N[C@@H](CCCNC(=O)NCc1ccc(NC(=O)[C@H](CCCNC(=O)NCc2ccc(N)cc2)NC(=O)[C@@H](C)C(C)C)cc1)C(=O)Nc1ccc(CO)cc1. The zero-order valence-corrected chi connectivity index (χ0v) is 36.2. The van der Waals surface area contributed by atoms with E-state index >= 15 is 0 Å². The van der Waals surface area contributed by atoms with Crippen molar-refractivity contribution in [3.63, 3.8) is 0 Å². The van der Waals surface area contributed by atoms with E-state index < -0.39 is 24.0 Å². The molecule has 3 rings (SSSR count). The lowest BCUT2D eigenvalue weighted by Crippen LogP contribution is -2.47. The molecule has 0 aliphatic rings. The Hall–Kier alpha value is -6.16. The topological polar surface area (TPSA) is 245 Å². The Balaban J connectivity index is 1.47. The van der Waals surface area contributed by atoms with Gasteiger partial charge in [0.15, 0.2) is 0 Å². The van der Waals surface area contributed by atoms with Crippen molar-refractivity contribution in [3.05, 3.63) is 89.5 Å². The zero-order chi connectivity index (χ0) is 44.9. The summed E-state index contributed by atoms with van der Waals surface area (Å²) in [6, 6.07) is 18.4. The van der Waals surface area contributed by atoms with Gasteiger partial charge in [-0.15, -0.1) is 0 Å². The Morgan fingerprint density at radius 1 is 0.508 bits per heavy atom. The van der Waals surface area contributed by atoms with Gasteiger partial charge in [-0.2, -0.15) is 0 Å². The first-order valence-electron chi connectivity index (χ1n) is 20.9. The van der Waals surface area contributed by atoms with Crippen molar-refractivity contribution in [1.82, 2.24) is 31.9 Å². The average Bonchev–Trinajstić information content (AvgIpc) is 3.24. The van der Waals surface area contributed by atoms with Crippen molar-refractivity contribution in [1.29, 1.82) is 0 Å². The minimum absolute atomic E-state index is 0.0742. The average molecular weight is 844 g/mol. The molecule has 3 aromatic rings. The summed E-state index contributed by atoms with van der Waals surface area (Å²) in [5.74, 6) is -1.70. The summed E-state index contributed by atoms with van der Waals surface area (Å²) in [5, 5.41) is 31.9. The zero-order valence-electron chi connectivity index (χ0n) is 36.2. The van der Waals surface area contributed by atoms with Crippen molar-refractivity contribution in [2.24, 2.45) is 23.7 Å². The minimum atomic E-state index is -0.840. The van der Waals surface area contributed by atoms with E-state index in [0.29, 0.717) is 48.6 Å². The van der Waals surface area contributed by atoms with E-state index in [0.717, 1.165) is 11.1 Å². The van der Waals surface area contributed by atoms with Crippen molar-refractivity contribution >= 4 is 52.8 Å². The van der Waals surface area contributed by atoms with Gasteiger partial charge in [0.2, 0.25) is 23.6 Å². The number of rotatable bonds is 23. The Morgan fingerprint density at radius 2 is 0.869 bits per heavy atom. The number of hydrogen-bond acceptors (Lipinski definition) is 8. The Bertz CT molecular complexity index is 1870. The highest BCUT2D eigenvalue weighted by Gasteiger charge is 2.26. The molecule has 8 amide bonds. The van der Waals surface area contributed by atoms with Crippen LogP contribution < -0.4 is 48.3 Å². The van der Waals surface area contributed by atoms with Crippen LogP contribution >= 0.6 is 0 Å². The van der Waals surface area contributed by atoms with Crippen LogP contribution in [0.2, 0.25) is 0 Å². The third kappa shape index (κ3) is 17.9. The van der Waals surface area contributed by atoms with Crippen LogP contribution in [0.25, 0.3) is 0 Å². The lowest BCUT2D eigenvalue weighted by atomic mass is 9.96. The second kappa shape index (κ2) is 25.5. The van der Waals surface area contributed by atoms with Crippen molar-refractivity contribution < 1.29 is 33.9 Å². The van der Waals surface area contributed by atoms with Gasteiger partial charge in [0.25, 0.3) is 0 Å². The van der Waals surface area contributed by atoms with E-state index in [1.165, 1.54) is 0 Å². The molecule has 0 aromatic heterocycles. The number of nitrogens with two attached hydrogens (primary N) is 1. The van der Waals surface area contributed by atoms with Crippen LogP contribution in [0.5, 0.6) is 0 Å². The van der Waals surface area contributed by atoms with Gasteiger partial charge >= 0.3 is 12.1 Å². The number of anilines is 3. The van der Waals surface area contributed by atoms with Gasteiger partial charge in [0, 0.05) is 55.1 Å². The number of carbonyl (C=O) groups is 6. The minimum Gasteiger partial charge on any atom is -0.399 e. The molecule has 0 saturated carbocycles. The number of hydrogen-bond donors (Lipinski definition) is 10. The number of nitrogens with one attached hydrogen (secondary N) is 8. The third-order valence-corrected chi connectivity index (χ3v) is 10.5. The number of amides is 8. The molecule has 0 bridgehead atoms. The summed E-state index contributed by atoms with van der Waals surface area (Å²) in [4.78, 5) is 77.4. The van der Waals surface area contributed by atoms with Crippen molar-refractivity contribution in [3.8, 4) is 0 Å². The standard InChI is InChI=1S/C45H65N9O7/c1-28(2)30(5)40(56)53-38(9-7-23-47-44(60)49-25-32-11-17-35(46)18-12-32)42(58)51-36-19-13-33(14-20-36)26-50-45(61)48-24-8-10-39(54-41(57)31(6)29(3)4)43(59)52-37-21-15-34(27-55)16-22-37/h11-22,28-31,38-39,55H,7-10,23-27,46H2,1-6H3,(H,51,58)(H,52,59)(H,53,56)(H,54,57)(H2,47,49,60)(H2,48,50,61)/t30-,31-,38-,39-/m0/s1. The summed E-state index contributed by atoms with van der Waals surface area (Å²) in [7, 11) is 0. The fourth-order valence-corrected chi connectivity index (χ4v) is 5.75. The number of benzene rings is 3. The van der Waals surface area contributed by atoms with Crippen LogP contribution in [-0.2, 0) is 38.9 Å². The molecule has 332 valence electrons. The van der Waals surface area contributed by atoms with E-state index in [9.17, 15) is 33.9 Å². The number of carbonyl (C=O) groups excluding carboxylic acids is 6. The molecule has 0 aliphatic heterocycles. The van der Waals surface area contributed by atoms with Crippen LogP contribution in [-0.4, -0.2) is 66.0 Å². The molecule has 0 aliphatic carbocycles. The maximum absolute atomic E-state index is 13.4. The molecular weight excluding hydrogens is 779 g/mol. The fourth-order valence-electron chi connectivity index (χ4n) is 5.75. The lowest BCUT2D eigenvalue weighted by Gasteiger charge is -2.22. The van der Waals surface area contributed by atoms with Crippen LogP contribution in [0.1, 0.15) is 83.9 Å². The molecule has 0 radical (unpaired) electrons. The quantitative estimate of drug-likeness (QED) is 0.0471. The van der Waals surface area contributed by atoms with E-state index in [4.69, 9.17) is 5.73 Å². The van der Waals surface area contributed by atoms with Gasteiger partial charge < -0.3 is 53.4 Å². The lowest BCUT2D eigenvalue weighted by molar-refractivity contribution is -0.130. The number of aliphatic hydroxyl groups excluding tert-OH is 1. The van der Waals surface area contributed by atoms with Crippen molar-refractivity contribution in [2.45, 2.75) is 99.0 Å². The number of urea groups is 2. The third-order valence-electron chi connectivity index (χ3n) is 10.5. The molecule has 61 heavy (non-hydrogen) atoms. The summed E-state index contributed by atoms with van der Waals surface area (Å²) < 4.78 is 0. The molecule has 3 aromatic carbocycles. The van der Waals surface area contributed by atoms with Gasteiger partial charge in [-0.1, -0.05) is 77.9 Å². The van der Waals surface area contributed by atoms with Gasteiger partial charge in [-0.25, -0.2) is 9.59 Å². The molecule has 0 saturated heterocycles. The normalized spacial score (nSPS) is 12.9. The Labute approximate surface area is 359 Å². The maximum atomic E-state index is 13.4. The number of aliphatic hydroxyl groups is 1. The predicted octanol–water partition coefficient (Wildman–Crippen LogP) is 4.75. The summed E-state index contributed by atoms with van der Waals surface area (Å²) >= 11 is 0. The van der Waals surface area contributed by atoms with Gasteiger partial charge in [-0.05, 0) is 90.6 Å². The smallest absolute Gasteiger partial charge is 0.315 e. The second-order valence-electron chi connectivity index (χ2n) is 16.0. The van der Waals surface area contributed by atoms with E-state index in [2.05, 4.69) is 42.5 Å². The maximum Gasteiger partial charge on any atom is 0.315 e. The Kier molecular flexibility index (Phi) is 20.5. The predicted molar refractivity (Wildman–Crippen MR) is 238 cm³/mol. The van der Waals surface area contributed by atoms with Gasteiger partial charge in [0.05, 0.1) is 6.61 Å². The van der Waals surface area contributed by atoms with Gasteiger partial charge in [-0.3, -0.25) is 19.2 Å². The molecule has 16 heteroatoms. The first-order valence-corrected chi connectivity index (χ1v) is 20.9. The van der Waals surface area contributed by atoms with E-state index in [1.807, 2.05) is 53.7 Å². The molecule has 0 unspecified atom stereocenters. The molecule has 11 N–H and O–H groups in total. The summed E-state index contributed by atoms with van der Waals surface area (Å²) in [6.07, 6.45) is 1.42. The molecular formula is C45H65N9O7. The first kappa shape index (κ1) is 49.2. The van der Waals surface area contributed by atoms with E-state index in [-0.39, 0.29) is 80.0 Å². The second-order valence-corrected chi connectivity index (χ2v) is 16.0. The molecule has 0 heterocycles. The number of nitrogen functional groups attached to an aromatic ring is 1. The van der Waals surface area contributed by atoms with Crippen LogP contribution in [0, 0.1) is 23.7 Å². The molecule has 4 atom stereocenters. The first-order chi connectivity index (χ1) is 29.1. The largest absolute Gasteiger partial charge is 0.399 e. The highest BCUT2D eigenvalue weighted by atomic mass is 16.3. The Morgan fingerprint density at radius 3 is 1.23 bits per heavy atom. The molecule has 0 spiro atoms. The van der Waals surface area contributed by atoms with E-state index in [1.54, 1.807) is 60.7 Å². The monoisotopic (exact) mass is 844 g/mol. The van der Waals surface area contributed by atoms with Crippen molar-refractivity contribution in [2.75, 3.05) is 29.5 Å². The molecule has 16 nitrogen and oxygen atoms in total. The van der Waals surface area contributed by atoms with Gasteiger partial charge in [0.1, 0.15) is 12.1 Å². The van der Waals surface area contributed by atoms with Crippen LogP contribution in [0.15, 0.2) is 72.8 Å². The highest BCUT2D eigenvalue weighted by molar-refractivity contribution is 5.98. The van der Waals surface area contributed by atoms with Crippen LogP contribution in [0.3, 0.4) is 0 Å². The van der Waals surface area contributed by atoms with Crippen LogP contribution in [0.4, 0.5) is 26.7 Å².